The van der Waals surface area contributed by atoms with Crippen molar-refractivity contribution in [3.63, 3.8) is 0 Å². The van der Waals surface area contributed by atoms with Crippen molar-refractivity contribution < 1.29 is 9.18 Å². The van der Waals surface area contributed by atoms with E-state index in [0.717, 1.165) is 5.56 Å². The Morgan fingerprint density at radius 3 is 2.58 bits per heavy atom. The van der Waals surface area contributed by atoms with E-state index in [1.54, 1.807) is 40.1 Å². The quantitative estimate of drug-likeness (QED) is 0.745. The SMILES string of the molecule is O=C(CCn1cc(Cl)cn1)Nc1cnn(Cc2ccc(F)cc2)c1. The summed E-state index contributed by atoms with van der Waals surface area (Å²) in [5.74, 6) is -0.409. The molecule has 0 radical (unpaired) electrons. The zero-order chi connectivity index (χ0) is 16.9. The van der Waals surface area contributed by atoms with Crippen LogP contribution in [-0.4, -0.2) is 25.5 Å². The second kappa shape index (κ2) is 7.27. The lowest BCUT2D eigenvalue weighted by atomic mass is 10.2. The number of benzene rings is 1. The molecule has 0 atom stereocenters. The molecule has 1 N–H and O–H groups in total. The van der Waals surface area contributed by atoms with Crippen LogP contribution in [-0.2, 0) is 17.9 Å². The maximum atomic E-state index is 12.9. The molecular weight excluding hydrogens is 333 g/mol. The Morgan fingerprint density at radius 2 is 1.88 bits per heavy atom. The fourth-order valence-corrected chi connectivity index (χ4v) is 2.35. The fourth-order valence-electron chi connectivity index (χ4n) is 2.19. The number of amides is 1. The highest BCUT2D eigenvalue weighted by molar-refractivity contribution is 6.30. The van der Waals surface area contributed by atoms with Gasteiger partial charge in [-0.3, -0.25) is 14.2 Å². The molecule has 0 aliphatic rings. The minimum absolute atomic E-state index is 0.136. The van der Waals surface area contributed by atoms with E-state index in [4.69, 9.17) is 11.6 Å². The van der Waals surface area contributed by atoms with Gasteiger partial charge in [0.05, 0.1) is 29.6 Å². The first kappa shape index (κ1) is 16.2. The summed E-state index contributed by atoms with van der Waals surface area (Å²) in [6.07, 6.45) is 6.77. The van der Waals surface area contributed by atoms with Gasteiger partial charge in [-0.1, -0.05) is 23.7 Å². The Labute approximate surface area is 142 Å². The summed E-state index contributed by atoms with van der Waals surface area (Å²) < 4.78 is 16.2. The zero-order valence-corrected chi connectivity index (χ0v) is 13.4. The molecule has 0 saturated carbocycles. The topological polar surface area (TPSA) is 64.7 Å². The minimum atomic E-state index is -0.273. The number of aryl methyl sites for hydroxylation is 1. The molecule has 2 heterocycles. The van der Waals surface area contributed by atoms with Gasteiger partial charge in [0.1, 0.15) is 5.82 Å². The smallest absolute Gasteiger partial charge is 0.226 e. The van der Waals surface area contributed by atoms with Gasteiger partial charge in [0.25, 0.3) is 0 Å². The number of halogens is 2. The number of nitrogens with one attached hydrogen (secondary N) is 1. The molecule has 2 aromatic heterocycles. The predicted octanol–water partition coefficient (Wildman–Crippen LogP) is 2.95. The Balaban J connectivity index is 1.51. The Hall–Kier alpha value is -2.67. The molecule has 24 heavy (non-hydrogen) atoms. The lowest BCUT2D eigenvalue weighted by Crippen LogP contribution is -2.14. The first-order valence-electron chi connectivity index (χ1n) is 7.33. The highest BCUT2D eigenvalue weighted by Crippen LogP contribution is 2.10. The van der Waals surface area contributed by atoms with Crippen LogP contribution in [0.5, 0.6) is 0 Å². The molecule has 1 amide bonds. The summed E-state index contributed by atoms with van der Waals surface area (Å²) in [4.78, 5) is 11.9. The first-order chi connectivity index (χ1) is 11.6. The summed E-state index contributed by atoms with van der Waals surface area (Å²) in [6.45, 7) is 0.949. The standard InChI is InChI=1S/C16H15ClFN5O/c17-13-7-19-22(10-13)6-5-16(24)21-15-8-20-23(11-15)9-12-1-3-14(18)4-2-12/h1-4,7-8,10-11H,5-6,9H2,(H,21,24). The van der Waals surface area contributed by atoms with Crippen LogP contribution in [0.4, 0.5) is 10.1 Å². The molecule has 8 heteroatoms. The molecule has 124 valence electrons. The number of nitrogens with zero attached hydrogens (tertiary/aromatic N) is 4. The maximum Gasteiger partial charge on any atom is 0.226 e. The number of hydrogen-bond donors (Lipinski definition) is 1. The normalized spacial score (nSPS) is 10.8. The lowest BCUT2D eigenvalue weighted by molar-refractivity contribution is -0.116. The van der Waals surface area contributed by atoms with Gasteiger partial charge in [0.15, 0.2) is 0 Å². The molecule has 1 aromatic carbocycles. The average molecular weight is 348 g/mol. The molecule has 0 aliphatic carbocycles. The molecular formula is C16H15ClFN5O. The molecule has 0 fully saturated rings. The fraction of sp³-hybridized carbons (Fsp3) is 0.188. The third-order valence-electron chi connectivity index (χ3n) is 3.34. The van der Waals surface area contributed by atoms with E-state index in [2.05, 4.69) is 15.5 Å². The predicted molar refractivity (Wildman–Crippen MR) is 88.2 cm³/mol. The van der Waals surface area contributed by atoms with E-state index in [1.807, 2.05) is 0 Å². The van der Waals surface area contributed by atoms with Gasteiger partial charge in [-0.15, -0.1) is 0 Å². The highest BCUT2D eigenvalue weighted by atomic mass is 35.5. The molecule has 3 aromatic rings. The summed E-state index contributed by atoms with van der Waals surface area (Å²) in [5, 5.41) is 11.5. The highest BCUT2D eigenvalue weighted by Gasteiger charge is 2.06. The van der Waals surface area contributed by atoms with Gasteiger partial charge < -0.3 is 5.32 Å². The average Bonchev–Trinajstić information content (AvgIpc) is 3.17. The molecule has 0 aliphatic heterocycles. The summed E-state index contributed by atoms with van der Waals surface area (Å²) in [6, 6.07) is 6.21. The van der Waals surface area contributed by atoms with E-state index < -0.39 is 0 Å². The van der Waals surface area contributed by atoms with Gasteiger partial charge in [-0.05, 0) is 17.7 Å². The number of aromatic nitrogens is 4. The van der Waals surface area contributed by atoms with Crippen LogP contribution in [0.25, 0.3) is 0 Å². The van der Waals surface area contributed by atoms with Crippen LogP contribution in [0.1, 0.15) is 12.0 Å². The molecule has 3 rings (SSSR count). The van der Waals surface area contributed by atoms with Crippen LogP contribution in [0.15, 0.2) is 49.1 Å². The largest absolute Gasteiger partial charge is 0.323 e. The van der Waals surface area contributed by atoms with Crippen LogP contribution in [0.2, 0.25) is 5.02 Å². The number of carbonyl (C=O) groups is 1. The number of rotatable bonds is 6. The third kappa shape index (κ3) is 4.42. The summed E-state index contributed by atoms with van der Waals surface area (Å²) >= 11 is 5.77. The van der Waals surface area contributed by atoms with Crippen LogP contribution < -0.4 is 5.32 Å². The van der Waals surface area contributed by atoms with E-state index in [9.17, 15) is 9.18 Å². The van der Waals surface area contributed by atoms with Gasteiger partial charge in [-0.25, -0.2) is 4.39 Å². The van der Waals surface area contributed by atoms with Crippen molar-refractivity contribution in [3.8, 4) is 0 Å². The second-order valence-electron chi connectivity index (χ2n) is 5.27. The van der Waals surface area contributed by atoms with Crippen LogP contribution in [0, 0.1) is 5.82 Å². The van der Waals surface area contributed by atoms with Crippen molar-refractivity contribution in [2.24, 2.45) is 0 Å². The van der Waals surface area contributed by atoms with E-state index in [0.29, 0.717) is 23.8 Å². The van der Waals surface area contributed by atoms with Crippen LogP contribution >= 0.6 is 11.6 Å². The van der Waals surface area contributed by atoms with Crippen molar-refractivity contribution in [1.82, 2.24) is 19.6 Å². The Bertz CT molecular complexity index is 827. The molecule has 0 unspecified atom stereocenters. The first-order valence-corrected chi connectivity index (χ1v) is 7.71. The number of carbonyl (C=O) groups excluding carboxylic acids is 1. The van der Waals surface area contributed by atoms with Crippen molar-refractivity contribution in [2.45, 2.75) is 19.5 Å². The van der Waals surface area contributed by atoms with Gasteiger partial charge in [0.2, 0.25) is 5.91 Å². The number of anilines is 1. The van der Waals surface area contributed by atoms with Gasteiger partial charge in [-0.2, -0.15) is 10.2 Å². The summed E-state index contributed by atoms with van der Waals surface area (Å²) in [7, 11) is 0. The Kier molecular flexibility index (Phi) is 4.90. The Morgan fingerprint density at radius 1 is 1.12 bits per heavy atom. The van der Waals surface area contributed by atoms with Gasteiger partial charge in [0, 0.05) is 25.4 Å². The zero-order valence-electron chi connectivity index (χ0n) is 12.7. The molecule has 0 saturated heterocycles. The van der Waals surface area contributed by atoms with Crippen molar-refractivity contribution in [3.05, 3.63) is 65.5 Å². The number of hydrogen-bond acceptors (Lipinski definition) is 3. The lowest BCUT2D eigenvalue weighted by Gasteiger charge is -2.03. The van der Waals surface area contributed by atoms with E-state index in [-0.39, 0.29) is 18.1 Å². The van der Waals surface area contributed by atoms with Crippen molar-refractivity contribution in [1.29, 1.82) is 0 Å². The van der Waals surface area contributed by atoms with Crippen LogP contribution in [0.3, 0.4) is 0 Å². The van der Waals surface area contributed by atoms with Crippen molar-refractivity contribution in [2.75, 3.05) is 5.32 Å². The van der Waals surface area contributed by atoms with Gasteiger partial charge >= 0.3 is 0 Å². The molecule has 0 bridgehead atoms. The molecule has 6 nitrogen and oxygen atoms in total. The maximum absolute atomic E-state index is 12.9. The summed E-state index contributed by atoms with van der Waals surface area (Å²) in [5.41, 5.74) is 1.54. The van der Waals surface area contributed by atoms with Crippen molar-refractivity contribution >= 4 is 23.2 Å². The van der Waals surface area contributed by atoms with E-state index in [1.165, 1.54) is 18.3 Å². The minimum Gasteiger partial charge on any atom is -0.323 e. The molecule has 0 spiro atoms. The monoisotopic (exact) mass is 347 g/mol. The van der Waals surface area contributed by atoms with E-state index >= 15 is 0 Å². The second-order valence-corrected chi connectivity index (χ2v) is 5.71. The third-order valence-corrected chi connectivity index (χ3v) is 3.54.